The van der Waals surface area contributed by atoms with E-state index in [-0.39, 0.29) is 22.7 Å². The molecule has 2 aromatic heterocycles. The van der Waals surface area contributed by atoms with E-state index in [1.807, 2.05) is 10.6 Å². The second-order valence-electron chi connectivity index (χ2n) is 9.67. The fourth-order valence-corrected chi connectivity index (χ4v) is 6.66. The number of aromatic nitrogens is 5. The summed E-state index contributed by atoms with van der Waals surface area (Å²) < 4.78 is 61.4. The summed E-state index contributed by atoms with van der Waals surface area (Å²) in [4.78, 5) is 9.10. The molecule has 0 saturated carbocycles. The molecule has 0 spiro atoms. The molecular weight excluding hydrogens is 486 g/mol. The maximum Gasteiger partial charge on any atom is 0.159 e. The van der Waals surface area contributed by atoms with Crippen molar-refractivity contribution in [3.63, 3.8) is 0 Å². The highest BCUT2D eigenvalue weighted by Gasteiger charge is 2.43. The zero-order chi connectivity index (χ0) is 24.9. The summed E-state index contributed by atoms with van der Waals surface area (Å²) in [7, 11) is -2.82. The molecule has 0 fully saturated rings. The quantitative estimate of drug-likeness (QED) is 0.296. The van der Waals surface area contributed by atoms with Crippen molar-refractivity contribution in [2.45, 2.75) is 18.5 Å². The number of nitrogens with zero attached hydrogens (tertiary/aromatic N) is 5. The van der Waals surface area contributed by atoms with Crippen LogP contribution >= 0.6 is 7.14 Å². The number of hydrogen-bond acceptors (Lipinski definition) is 4. The van der Waals surface area contributed by atoms with Crippen molar-refractivity contribution in [3.8, 4) is 22.5 Å². The standard InChI is InChI=1S/C26H19F3N5OP/c1-36(2,35)23-7-6-13(8-18(23)29)15-9-20-19(10-17(15)28)32-26-22-11-21(33(20)26)24-14(4-3-5-16(24)27)25-30-12-31-34(22)25/h3-10,12,21-22H,11H2,1-2H3. The zero-order valence-corrected chi connectivity index (χ0v) is 20.2. The van der Waals surface area contributed by atoms with Crippen molar-refractivity contribution in [1.82, 2.24) is 24.3 Å². The summed E-state index contributed by atoms with van der Waals surface area (Å²) >= 11 is 0. The molecule has 2 bridgehead atoms. The monoisotopic (exact) mass is 505 g/mol. The minimum absolute atomic E-state index is 0.124. The van der Waals surface area contributed by atoms with Crippen LogP contribution in [0.4, 0.5) is 13.2 Å². The maximum atomic E-state index is 15.3. The molecule has 10 heteroatoms. The molecule has 2 aliphatic heterocycles. The number of hydrogen-bond donors (Lipinski definition) is 0. The van der Waals surface area contributed by atoms with Gasteiger partial charge < -0.3 is 9.13 Å². The van der Waals surface area contributed by atoms with Crippen molar-refractivity contribution in [2.24, 2.45) is 0 Å². The lowest BCUT2D eigenvalue weighted by molar-refractivity contribution is 0.495. The van der Waals surface area contributed by atoms with Gasteiger partial charge in [0.15, 0.2) is 5.82 Å². The van der Waals surface area contributed by atoms with E-state index in [2.05, 4.69) is 10.1 Å². The molecule has 0 aliphatic carbocycles. The van der Waals surface area contributed by atoms with Crippen LogP contribution < -0.4 is 5.30 Å². The third-order valence-corrected chi connectivity index (χ3v) is 8.72. The van der Waals surface area contributed by atoms with Crippen LogP contribution in [0.15, 0.2) is 54.9 Å². The smallest absolute Gasteiger partial charge is 0.159 e. The number of fused-ring (bicyclic) bond motifs is 6. The van der Waals surface area contributed by atoms with E-state index in [1.165, 1.54) is 43.9 Å². The van der Waals surface area contributed by atoms with Gasteiger partial charge >= 0.3 is 0 Å². The van der Waals surface area contributed by atoms with E-state index in [0.29, 0.717) is 45.8 Å². The number of benzene rings is 3. The number of imidazole rings is 1. The van der Waals surface area contributed by atoms with Gasteiger partial charge in [0.1, 0.15) is 42.8 Å². The first kappa shape index (κ1) is 21.6. The van der Waals surface area contributed by atoms with Crippen molar-refractivity contribution in [2.75, 3.05) is 13.3 Å². The molecule has 2 aliphatic rings. The van der Waals surface area contributed by atoms with Crippen LogP contribution in [-0.4, -0.2) is 37.6 Å². The molecule has 5 aromatic rings. The molecular formula is C26H19F3N5OP. The first-order valence-corrected chi connectivity index (χ1v) is 14.1. The highest BCUT2D eigenvalue weighted by atomic mass is 31.2. The second-order valence-corrected chi connectivity index (χ2v) is 12.9. The molecule has 2 atom stereocenters. The van der Waals surface area contributed by atoms with Crippen LogP contribution in [0.25, 0.3) is 33.5 Å². The Balaban J connectivity index is 1.47. The zero-order valence-electron chi connectivity index (χ0n) is 19.3. The fraction of sp³-hybridized carbons (Fsp3) is 0.192. The van der Waals surface area contributed by atoms with Crippen molar-refractivity contribution < 1.29 is 17.7 Å². The number of rotatable bonds is 2. The molecule has 0 saturated heterocycles. The Kier molecular flexibility index (Phi) is 4.29. The Bertz CT molecular complexity index is 1790. The topological polar surface area (TPSA) is 65.6 Å². The molecule has 180 valence electrons. The molecule has 0 amide bonds. The SMILES string of the molecule is CP(C)(=O)c1ccc(-c2cc3c(cc2F)nc2n3C3CC2n2ncnc2-c2cccc(F)c23)cc1F. The van der Waals surface area contributed by atoms with Gasteiger partial charge in [0.05, 0.1) is 17.1 Å². The highest BCUT2D eigenvalue weighted by molar-refractivity contribution is 7.70. The van der Waals surface area contributed by atoms with Gasteiger partial charge in [-0.25, -0.2) is 27.8 Å². The minimum atomic E-state index is -2.82. The fourth-order valence-electron chi connectivity index (χ4n) is 5.65. The molecule has 36 heavy (non-hydrogen) atoms. The molecule has 0 N–H and O–H groups in total. The highest BCUT2D eigenvalue weighted by Crippen LogP contribution is 2.50. The van der Waals surface area contributed by atoms with E-state index >= 15 is 8.78 Å². The molecule has 6 nitrogen and oxygen atoms in total. The van der Waals surface area contributed by atoms with E-state index < -0.39 is 24.8 Å². The van der Waals surface area contributed by atoms with E-state index in [0.717, 1.165) is 0 Å². The lowest BCUT2D eigenvalue weighted by atomic mass is 9.97. The number of halogens is 3. The molecule has 4 heterocycles. The van der Waals surface area contributed by atoms with Crippen LogP contribution in [-0.2, 0) is 4.57 Å². The Labute approximate surface area is 203 Å². The van der Waals surface area contributed by atoms with Crippen LogP contribution in [0.2, 0.25) is 0 Å². The predicted molar refractivity (Wildman–Crippen MR) is 130 cm³/mol. The predicted octanol–water partition coefficient (Wildman–Crippen LogP) is 5.52. The first-order chi connectivity index (χ1) is 17.2. The summed E-state index contributed by atoms with van der Waals surface area (Å²) in [5.74, 6) is -0.334. The van der Waals surface area contributed by atoms with Crippen molar-refractivity contribution in [3.05, 3.63) is 83.7 Å². The Hall–Kier alpha value is -3.71. The van der Waals surface area contributed by atoms with Gasteiger partial charge in [0.2, 0.25) is 0 Å². The van der Waals surface area contributed by atoms with E-state index in [1.54, 1.807) is 22.9 Å². The molecule has 0 radical (unpaired) electrons. The van der Waals surface area contributed by atoms with Crippen LogP contribution in [0.1, 0.15) is 29.9 Å². The van der Waals surface area contributed by atoms with Crippen LogP contribution in [0, 0.1) is 17.5 Å². The third kappa shape index (κ3) is 2.86. The lowest BCUT2D eigenvalue weighted by Crippen LogP contribution is -2.13. The summed E-state index contributed by atoms with van der Waals surface area (Å²) in [5.41, 5.74) is 2.71. The average Bonchev–Trinajstić information content (AvgIpc) is 3.49. The minimum Gasteiger partial charge on any atom is -0.319 e. The van der Waals surface area contributed by atoms with Gasteiger partial charge in [0, 0.05) is 34.5 Å². The van der Waals surface area contributed by atoms with Crippen molar-refractivity contribution >= 4 is 23.5 Å². The normalized spacial score (nSPS) is 18.1. The molecule has 2 unspecified atom stereocenters. The van der Waals surface area contributed by atoms with Crippen molar-refractivity contribution in [1.29, 1.82) is 0 Å². The Morgan fingerprint density at radius 1 is 0.944 bits per heavy atom. The van der Waals surface area contributed by atoms with E-state index in [4.69, 9.17) is 4.98 Å². The van der Waals surface area contributed by atoms with Gasteiger partial charge in [-0.2, -0.15) is 5.10 Å². The van der Waals surface area contributed by atoms with Gasteiger partial charge in [0.25, 0.3) is 0 Å². The second kappa shape index (κ2) is 7.17. The summed E-state index contributed by atoms with van der Waals surface area (Å²) in [6.45, 7) is 2.98. The van der Waals surface area contributed by atoms with Crippen LogP contribution in [0.5, 0.6) is 0 Å². The Morgan fingerprint density at radius 3 is 2.56 bits per heavy atom. The summed E-state index contributed by atoms with van der Waals surface area (Å²) in [6, 6.07) is 11.4. The first-order valence-electron chi connectivity index (χ1n) is 11.5. The van der Waals surface area contributed by atoms with Gasteiger partial charge in [-0.05, 0) is 43.2 Å². The molecule has 7 rings (SSSR count). The maximum absolute atomic E-state index is 15.3. The Morgan fingerprint density at radius 2 is 1.78 bits per heavy atom. The summed E-state index contributed by atoms with van der Waals surface area (Å²) in [6.07, 6.45) is 1.97. The van der Waals surface area contributed by atoms with Crippen LogP contribution in [0.3, 0.4) is 0 Å². The largest absolute Gasteiger partial charge is 0.319 e. The van der Waals surface area contributed by atoms with Gasteiger partial charge in [-0.1, -0.05) is 18.2 Å². The lowest BCUT2D eigenvalue weighted by Gasteiger charge is -2.19. The molecule has 3 aromatic carbocycles. The third-order valence-electron chi connectivity index (χ3n) is 7.20. The average molecular weight is 505 g/mol. The summed E-state index contributed by atoms with van der Waals surface area (Å²) in [5, 5.41) is 4.53. The van der Waals surface area contributed by atoms with Gasteiger partial charge in [-0.3, -0.25) is 0 Å². The van der Waals surface area contributed by atoms with E-state index in [9.17, 15) is 8.96 Å². The van der Waals surface area contributed by atoms with Gasteiger partial charge in [-0.15, -0.1) is 0 Å².